The molecule has 8 heavy (non-hydrogen) atoms. The van der Waals surface area contributed by atoms with Gasteiger partial charge in [0.15, 0.2) is 0 Å². The van der Waals surface area contributed by atoms with Gasteiger partial charge in [-0.1, -0.05) is 0 Å². The molecule has 0 fully saturated rings. The Morgan fingerprint density at radius 2 is 1.88 bits per heavy atom. The topological polar surface area (TPSA) is 24.4 Å². The smallest absolute Gasteiger partial charge is 0.0925 e. The molecule has 0 aliphatic heterocycles. The first kappa shape index (κ1) is 11.7. The lowest BCUT2D eigenvalue weighted by atomic mass is 10.7. The van der Waals surface area contributed by atoms with Crippen molar-refractivity contribution < 1.29 is 0 Å². The summed E-state index contributed by atoms with van der Waals surface area (Å²) in [6.07, 6.45) is 0. The summed E-state index contributed by atoms with van der Waals surface area (Å²) >= 11 is 4.24. The minimum absolute atomic E-state index is 0.968. The van der Waals surface area contributed by atoms with E-state index >= 15 is 0 Å². The summed E-state index contributed by atoms with van der Waals surface area (Å²) in [5.74, 6) is 0.968. The molecule has 0 saturated carbocycles. The molecule has 1 N–H and O–H groups in total. The fourth-order valence-electron chi connectivity index (χ4n) is 0.112. The van der Waals surface area contributed by atoms with Crippen LogP contribution in [0.5, 0.6) is 0 Å². The first-order chi connectivity index (χ1) is 3.81. The average Bonchev–Trinajstić information content (AvgIpc) is 1.91. The number of halogens is 2. The molecule has 0 amide bonds. The van der Waals surface area contributed by atoms with E-state index in [2.05, 4.69) is 47.5 Å². The van der Waals surface area contributed by atoms with Crippen LogP contribution in [0.15, 0.2) is 4.99 Å². The highest BCUT2D eigenvalue weighted by Crippen LogP contribution is 1.89. The zero-order valence-corrected chi connectivity index (χ0v) is 9.52. The summed E-state index contributed by atoms with van der Waals surface area (Å²) < 4.78 is 0. The number of amidine groups is 1. The molecule has 4 heteroatoms. The maximum absolute atomic E-state index is 3.81. The van der Waals surface area contributed by atoms with Gasteiger partial charge in [0.05, 0.1) is 5.84 Å². The maximum Gasteiger partial charge on any atom is 0.0925 e. The van der Waals surface area contributed by atoms with E-state index < -0.39 is 0 Å². The van der Waals surface area contributed by atoms with Crippen LogP contribution in [0.2, 0.25) is 0 Å². The molecule has 0 aromatic heterocycles. The summed E-state index contributed by atoms with van der Waals surface area (Å²) in [6, 6.07) is 0. The van der Waals surface area contributed by atoms with E-state index in [-0.39, 0.29) is 0 Å². The van der Waals surface area contributed by atoms with Crippen LogP contribution in [-0.2, 0) is 0 Å². The van der Waals surface area contributed by atoms with Crippen molar-refractivity contribution in [3.05, 3.63) is 0 Å². The van der Waals surface area contributed by atoms with Crippen molar-refractivity contribution in [2.75, 3.05) is 14.1 Å². The van der Waals surface area contributed by atoms with E-state index in [4.69, 9.17) is 0 Å². The second-order valence-electron chi connectivity index (χ2n) is 1.06. The van der Waals surface area contributed by atoms with Crippen LogP contribution in [-0.4, -0.2) is 19.9 Å². The van der Waals surface area contributed by atoms with Crippen molar-refractivity contribution in [2.45, 2.75) is 6.92 Å². The van der Waals surface area contributed by atoms with Crippen LogP contribution in [0.3, 0.4) is 0 Å². The van der Waals surface area contributed by atoms with E-state index in [1.165, 1.54) is 0 Å². The van der Waals surface area contributed by atoms with Crippen molar-refractivity contribution in [3.8, 4) is 0 Å². The lowest BCUT2D eigenvalue weighted by Crippen LogP contribution is -2.12. The third-order valence-electron chi connectivity index (χ3n) is 0.697. The van der Waals surface area contributed by atoms with Gasteiger partial charge in [-0.3, -0.25) is 4.99 Å². The molecule has 0 radical (unpaired) electrons. The van der Waals surface area contributed by atoms with Crippen LogP contribution in [0, 0.1) is 0 Å². The fourth-order valence-corrected chi connectivity index (χ4v) is 0.112. The molecule has 0 heterocycles. The Labute approximate surface area is 73.8 Å². The summed E-state index contributed by atoms with van der Waals surface area (Å²) in [6.45, 7) is 1.92. The SMILES string of the molecule is CN=C(C)NC.II. The third kappa shape index (κ3) is 10.0. The average molecular weight is 340 g/mol. The monoisotopic (exact) mass is 340 g/mol. The standard InChI is InChI=1S/C4H10N2.I2/c1-4(5-2)6-3;1-2/h1-3H3,(H,5,6);. The minimum atomic E-state index is 0.968. The van der Waals surface area contributed by atoms with Gasteiger partial charge in [-0.25, -0.2) is 0 Å². The van der Waals surface area contributed by atoms with Gasteiger partial charge in [-0.2, -0.15) is 0 Å². The van der Waals surface area contributed by atoms with E-state index in [9.17, 15) is 0 Å². The van der Waals surface area contributed by atoms with Gasteiger partial charge < -0.3 is 5.32 Å². The van der Waals surface area contributed by atoms with E-state index in [0.717, 1.165) is 5.84 Å². The van der Waals surface area contributed by atoms with Crippen LogP contribution >= 0.6 is 37.2 Å². The van der Waals surface area contributed by atoms with E-state index in [1.807, 2.05) is 14.0 Å². The number of nitrogens with zero attached hydrogens (tertiary/aromatic N) is 1. The van der Waals surface area contributed by atoms with Gasteiger partial charge >= 0.3 is 0 Å². The normalized spacial score (nSPS) is 9.38. The third-order valence-corrected chi connectivity index (χ3v) is 0.697. The lowest BCUT2D eigenvalue weighted by molar-refractivity contribution is 1.14. The van der Waals surface area contributed by atoms with Crippen molar-refractivity contribution in [1.29, 1.82) is 0 Å². The highest BCUT2D eigenvalue weighted by Gasteiger charge is 1.71. The minimum Gasteiger partial charge on any atom is -0.377 e. The predicted octanol–water partition coefficient (Wildman–Crippen LogP) is 2.03. The van der Waals surface area contributed by atoms with Gasteiger partial charge in [-0.05, 0) is 6.92 Å². The first-order valence-corrected chi connectivity index (χ1v) is 8.35. The van der Waals surface area contributed by atoms with Crippen LogP contribution < -0.4 is 5.32 Å². The Bertz CT molecular complexity index is 63.1. The van der Waals surface area contributed by atoms with Crippen LogP contribution in [0.1, 0.15) is 6.92 Å². The molecule has 0 saturated heterocycles. The van der Waals surface area contributed by atoms with Crippen molar-refractivity contribution in [2.24, 2.45) is 4.99 Å². The van der Waals surface area contributed by atoms with Crippen molar-refractivity contribution >= 4 is 43.1 Å². The Kier molecular flexibility index (Phi) is 15.8. The molecular weight excluding hydrogens is 330 g/mol. The predicted molar refractivity (Wildman–Crippen MR) is 56.1 cm³/mol. The van der Waals surface area contributed by atoms with Crippen molar-refractivity contribution in [1.82, 2.24) is 5.32 Å². The van der Waals surface area contributed by atoms with Crippen molar-refractivity contribution in [3.63, 3.8) is 0 Å². The van der Waals surface area contributed by atoms with Gasteiger partial charge in [-0.15, -0.1) is 0 Å². The van der Waals surface area contributed by atoms with Crippen LogP contribution in [0.4, 0.5) is 0 Å². The summed E-state index contributed by atoms with van der Waals surface area (Å²) in [5, 5.41) is 2.86. The Balaban J connectivity index is 0. The molecule has 0 bridgehead atoms. The molecule has 0 atom stereocenters. The van der Waals surface area contributed by atoms with Gasteiger partial charge in [0.25, 0.3) is 0 Å². The zero-order valence-electron chi connectivity index (χ0n) is 5.20. The molecular formula is C4H10I2N2. The summed E-state index contributed by atoms with van der Waals surface area (Å²) in [5.41, 5.74) is 0. The Hall–Kier alpha value is 0.930. The second kappa shape index (κ2) is 10.8. The molecule has 0 unspecified atom stereocenters. The summed E-state index contributed by atoms with van der Waals surface area (Å²) in [7, 11) is 3.61. The molecule has 0 spiro atoms. The molecule has 0 rings (SSSR count). The number of hydrogen-bond acceptors (Lipinski definition) is 1. The van der Waals surface area contributed by atoms with E-state index in [1.54, 1.807) is 7.05 Å². The summed E-state index contributed by atoms with van der Waals surface area (Å²) in [4.78, 5) is 3.81. The number of aliphatic imine (C=N–C) groups is 1. The second-order valence-corrected chi connectivity index (χ2v) is 1.06. The van der Waals surface area contributed by atoms with Crippen LogP contribution in [0.25, 0.3) is 0 Å². The molecule has 0 aromatic rings. The molecule has 0 aromatic carbocycles. The number of rotatable bonds is 0. The highest BCUT2D eigenvalue weighted by atomic mass is 128. The van der Waals surface area contributed by atoms with E-state index in [0.29, 0.717) is 0 Å². The first-order valence-electron chi connectivity index (χ1n) is 2.06. The molecule has 2 nitrogen and oxygen atoms in total. The van der Waals surface area contributed by atoms with Gasteiger partial charge in [0.2, 0.25) is 0 Å². The molecule has 0 aliphatic rings. The quantitative estimate of drug-likeness (QED) is 0.407. The molecule has 0 aliphatic carbocycles. The lowest BCUT2D eigenvalue weighted by Gasteiger charge is -1.90. The highest BCUT2D eigenvalue weighted by molar-refractivity contribution is 15.0. The number of hydrogen-bond donors (Lipinski definition) is 1. The fraction of sp³-hybridized carbons (Fsp3) is 0.750. The Morgan fingerprint density at radius 1 is 1.50 bits per heavy atom. The number of nitrogens with one attached hydrogen (secondary N) is 1. The molecule has 50 valence electrons. The van der Waals surface area contributed by atoms with Gasteiger partial charge in [0, 0.05) is 51.3 Å². The maximum atomic E-state index is 3.81. The van der Waals surface area contributed by atoms with Gasteiger partial charge in [0.1, 0.15) is 0 Å². The zero-order chi connectivity index (χ0) is 6.99. The Morgan fingerprint density at radius 3 is 1.88 bits per heavy atom. The largest absolute Gasteiger partial charge is 0.377 e.